The predicted molar refractivity (Wildman–Crippen MR) is 118 cm³/mol. The van der Waals surface area contributed by atoms with Crippen molar-refractivity contribution >= 4 is 23.2 Å². The number of hydrogen-bond acceptors (Lipinski definition) is 7. The second kappa shape index (κ2) is 10.7. The Kier molecular flexibility index (Phi) is 7.77. The van der Waals surface area contributed by atoms with Gasteiger partial charge in [0.05, 0.1) is 45.9 Å². The molecule has 0 spiro atoms. The molecule has 168 valence electrons. The van der Waals surface area contributed by atoms with Gasteiger partial charge in [-0.3, -0.25) is 9.59 Å². The molecule has 9 heteroatoms. The minimum atomic E-state index is -0.639. The van der Waals surface area contributed by atoms with Gasteiger partial charge in [0.1, 0.15) is 10.8 Å². The third-order valence-electron chi connectivity index (χ3n) is 4.73. The average Bonchev–Trinajstić information content (AvgIpc) is 3.26. The number of esters is 1. The van der Waals surface area contributed by atoms with Gasteiger partial charge in [-0.15, -0.1) is 11.3 Å². The molecule has 3 aromatic rings. The zero-order valence-electron chi connectivity index (χ0n) is 17.9. The number of benzene rings is 2. The Morgan fingerprint density at radius 1 is 1.06 bits per heavy atom. The first-order valence-electron chi connectivity index (χ1n) is 9.72. The smallest absolute Gasteiger partial charge is 0.307 e. The molecule has 0 aliphatic heterocycles. The van der Waals surface area contributed by atoms with Crippen LogP contribution in [0.3, 0.4) is 0 Å². The van der Waals surface area contributed by atoms with Crippen LogP contribution in [0.1, 0.15) is 23.7 Å². The molecular formula is C23H23FN2O5S. The number of rotatable bonds is 9. The summed E-state index contributed by atoms with van der Waals surface area (Å²) < 4.78 is 28.6. The first-order valence-corrected chi connectivity index (χ1v) is 10.6. The van der Waals surface area contributed by atoms with Crippen molar-refractivity contribution in [1.82, 2.24) is 10.3 Å². The summed E-state index contributed by atoms with van der Waals surface area (Å²) >= 11 is 1.41. The molecule has 1 atom stereocenters. The van der Waals surface area contributed by atoms with E-state index in [1.54, 1.807) is 25.7 Å². The van der Waals surface area contributed by atoms with E-state index in [0.717, 1.165) is 10.6 Å². The van der Waals surface area contributed by atoms with Crippen molar-refractivity contribution in [2.75, 3.05) is 21.3 Å². The van der Waals surface area contributed by atoms with Gasteiger partial charge in [0.25, 0.3) is 0 Å². The zero-order chi connectivity index (χ0) is 23.1. The monoisotopic (exact) mass is 458 g/mol. The maximum atomic E-state index is 13.3. The summed E-state index contributed by atoms with van der Waals surface area (Å²) in [6, 6.07) is 10.5. The van der Waals surface area contributed by atoms with E-state index >= 15 is 0 Å². The maximum Gasteiger partial charge on any atom is 0.307 e. The molecule has 32 heavy (non-hydrogen) atoms. The Bertz CT molecular complexity index is 1080. The molecule has 7 nitrogen and oxygen atoms in total. The summed E-state index contributed by atoms with van der Waals surface area (Å²) in [5, 5.41) is 5.35. The molecule has 0 saturated carbocycles. The summed E-state index contributed by atoms with van der Waals surface area (Å²) in [6.45, 7) is 0. The van der Waals surface area contributed by atoms with Crippen molar-refractivity contribution in [1.29, 1.82) is 0 Å². The van der Waals surface area contributed by atoms with E-state index in [-0.39, 0.29) is 18.7 Å². The zero-order valence-corrected chi connectivity index (χ0v) is 18.7. The van der Waals surface area contributed by atoms with E-state index in [1.165, 1.54) is 42.7 Å². The number of carbonyl (C=O) groups is 2. The van der Waals surface area contributed by atoms with Crippen LogP contribution in [0.2, 0.25) is 0 Å². The summed E-state index contributed by atoms with van der Waals surface area (Å²) in [7, 11) is 4.40. The lowest BCUT2D eigenvalue weighted by molar-refractivity contribution is -0.141. The van der Waals surface area contributed by atoms with Crippen LogP contribution in [0.15, 0.2) is 47.8 Å². The first-order chi connectivity index (χ1) is 15.4. The normalized spacial score (nSPS) is 11.5. The molecule has 1 aromatic heterocycles. The second-order valence-electron chi connectivity index (χ2n) is 6.84. The predicted octanol–water partition coefficient (Wildman–Crippen LogP) is 3.93. The lowest BCUT2D eigenvalue weighted by atomic mass is 10.0. The fraction of sp³-hybridized carbons (Fsp3) is 0.261. The summed E-state index contributed by atoms with van der Waals surface area (Å²) in [6.07, 6.45) is -0.0372. The van der Waals surface area contributed by atoms with Crippen molar-refractivity contribution < 1.29 is 28.2 Å². The van der Waals surface area contributed by atoms with Crippen LogP contribution in [0, 0.1) is 5.82 Å². The maximum absolute atomic E-state index is 13.3. The highest BCUT2D eigenvalue weighted by Crippen LogP contribution is 2.33. The van der Waals surface area contributed by atoms with Crippen molar-refractivity contribution in [3.05, 3.63) is 64.9 Å². The Labute approximate surface area is 189 Å². The lowest BCUT2D eigenvalue weighted by Crippen LogP contribution is -2.31. The van der Waals surface area contributed by atoms with Gasteiger partial charge in [0.15, 0.2) is 11.5 Å². The number of ether oxygens (including phenoxy) is 3. The van der Waals surface area contributed by atoms with Gasteiger partial charge in [-0.1, -0.05) is 12.1 Å². The first kappa shape index (κ1) is 23.2. The van der Waals surface area contributed by atoms with Gasteiger partial charge in [-0.2, -0.15) is 0 Å². The van der Waals surface area contributed by atoms with Gasteiger partial charge >= 0.3 is 5.97 Å². The van der Waals surface area contributed by atoms with Crippen LogP contribution in [-0.4, -0.2) is 38.2 Å². The van der Waals surface area contributed by atoms with E-state index in [2.05, 4.69) is 10.3 Å². The van der Waals surface area contributed by atoms with Gasteiger partial charge in [0, 0.05) is 10.9 Å². The van der Waals surface area contributed by atoms with Crippen molar-refractivity contribution in [3.8, 4) is 22.1 Å². The molecule has 0 bridgehead atoms. The number of methoxy groups -OCH3 is 3. The number of hydrogen-bond donors (Lipinski definition) is 1. The van der Waals surface area contributed by atoms with Crippen LogP contribution < -0.4 is 14.8 Å². The molecule has 2 aromatic carbocycles. The second-order valence-corrected chi connectivity index (χ2v) is 7.70. The number of halogens is 1. The Morgan fingerprint density at radius 3 is 2.44 bits per heavy atom. The van der Waals surface area contributed by atoms with Crippen LogP contribution in [0.25, 0.3) is 10.6 Å². The number of amides is 1. The highest BCUT2D eigenvalue weighted by molar-refractivity contribution is 7.13. The summed E-state index contributed by atoms with van der Waals surface area (Å²) in [5.41, 5.74) is 2.04. The number of aromatic nitrogens is 1. The SMILES string of the molecule is COC(=O)CC(NC(=O)Cc1csc(-c2ccc(OC)c(OC)c2)n1)c1ccc(F)cc1. The molecule has 1 heterocycles. The number of carbonyl (C=O) groups excluding carboxylic acids is 2. The molecule has 1 amide bonds. The highest BCUT2D eigenvalue weighted by atomic mass is 32.1. The number of nitrogens with zero attached hydrogens (tertiary/aromatic N) is 1. The van der Waals surface area contributed by atoms with Gasteiger partial charge in [0.2, 0.25) is 5.91 Å². The van der Waals surface area contributed by atoms with Crippen molar-refractivity contribution in [2.24, 2.45) is 0 Å². The van der Waals surface area contributed by atoms with E-state index in [0.29, 0.717) is 22.8 Å². The number of nitrogens with one attached hydrogen (secondary N) is 1. The molecule has 1 N–H and O–H groups in total. The average molecular weight is 459 g/mol. The van der Waals surface area contributed by atoms with E-state index in [4.69, 9.17) is 14.2 Å². The standard InChI is InChI=1S/C23H23FN2O5S/c1-29-19-9-6-15(10-20(19)30-2)23-25-17(13-32-23)11-21(27)26-18(12-22(28)31-3)14-4-7-16(24)8-5-14/h4-10,13,18H,11-12H2,1-3H3,(H,26,27). The fourth-order valence-electron chi connectivity index (χ4n) is 3.10. The number of thiazole rings is 1. The minimum Gasteiger partial charge on any atom is -0.493 e. The molecule has 0 fully saturated rings. The lowest BCUT2D eigenvalue weighted by Gasteiger charge is -2.18. The van der Waals surface area contributed by atoms with Crippen molar-refractivity contribution in [2.45, 2.75) is 18.9 Å². The van der Waals surface area contributed by atoms with E-state index in [9.17, 15) is 14.0 Å². The third-order valence-corrected chi connectivity index (χ3v) is 5.67. The van der Waals surface area contributed by atoms with E-state index in [1.807, 2.05) is 12.1 Å². The molecule has 3 rings (SSSR count). The van der Waals surface area contributed by atoms with Gasteiger partial charge < -0.3 is 19.5 Å². The fourth-order valence-corrected chi connectivity index (χ4v) is 3.91. The van der Waals surface area contributed by atoms with Gasteiger partial charge in [-0.25, -0.2) is 9.37 Å². The molecule has 0 saturated heterocycles. The minimum absolute atomic E-state index is 0.0304. The van der Waals surface area contributed by atoms with Crippen LogP contribution in [-0.2, 0) is 20.7 Å². The van der Waals surface area contributed by atoms with Crippen LogP contribution >= 0.6 is 11.3 Å². The van der Waals surface area contributed by atoms with Crippen LogP contribution in [0.4, 0.5) is 4.39 Å². The largest absolute Gasteiger partial charge is 0.493 e. The Balaban J connectivity index is 1.71. The van der Waals surface area contributed by atoms with Crippen molar-refractivity contribution in [3.63, 3.8) is 0 Å². The Hall–Kier alpha value is -3.46. The molecular weight excluding hydrogens is 435 g/mol. The summed E-state index contributed by atoms with van der Waals surface area (Å²) in [4.78, 5) is 29.0. The van der Waals surface area contributed by atoms with Gasteiger partial charge in [-0.05, 0) is 35.9 Å². The van der Waals surface area contributed by atoms with E-state index < -0.39 is 17.8 Å². The molecule has 0 aliphatic carbocycles. The topological polar surface area (TPSA) is 86.8 Å². The molecule has 1 unspecified atom stereocenters. The summed E-state index contributed by atoms with van der Waals surface area (Å²) in [5.74, 6) is 0.00719. The third kappa shape index (κ3) is 5.82. The molecule has 0 aliphatic rings. The highest BCUT2D eigenvalue weighted by Gasteiger charge is 2.20. The van der Waals surface area contributed by atoms with Crippen LogP contribution in [0.5, 0.6) is 11.5 Å². The quantitative estimate of drug-likeness (QED) is 0.489. The molecule has 0 radical (unpaired) electrons. The Morgan fingerprint density at radius 2 is 1.78 bits per heavy atom.